The van der Waals surface area contributed by atoms with Crippen LogP contribution in [0.5, 0.6) is 0 Å². The van der Waals surface area contributed by atoms with E-state index in [9.17, 15) is 4.79 Å². The summed E-state index contributed by atoms with van der Waals surface area (Å²) >= 11 is 0. The molecule has 1 atom stereocenters. The maximum atomic E-state index is 12.2. The van der Waals surface area contributed by atoms with Gasteiger partial charge in [0.2, 0.25) is 0 Å². The number of H-pyrrole nitrogens is 1. The van der Waals surface area contributed by atoms with Gasteiger partial charge in [-0.2, -0.15) is 5.10 Å². The molecule has 3 rings (SSSR count). The average Bonchev–Trinajstić information content (AvgIpc) is 3.15. The number of carbonyl (C=O) groups excluding carboxylic acids is 1. The number of aromatic amines is 1. The van der Waals surface area contributed by atoms with Crippen LogP contribution in [0.25, 0.3) is 11.4 Å². The van der Waals surface area contributed by atoms with E-state index in [2.05, 4.69) is 25.8 Å². The maximum absolute atomic E-state index is 12.2. The molecule has 3 N–H and O–H groups in total. The summed E-state index contributed by atoms with van der Waals surface area (Å²) in [7, 11) is 1.94. The molecule has 0 aliphatic carbocycles. The predicted octanol–water partition coefficient (Wildman–Crippen LogP) is 2.87. The van der Waals surface area contributed by atoms with Crippen LogP contribution < -0.4 is 10.6 Å². The van der Waals surface area contributed by atoms with Crippen LogP contribution in [0.1, 0.15) is 18.3 Å². The largest absolute Gasteiger partial charge is 0.335 e. The summed E-state index contributed by atoms with van der Waals surface area (Å²) in [5.74, 6) is 0.853. The van der Waals surface area contributed by atoms with Gasteiger partial charge >= 0.3 is 6.03 Å². The lowest BCUT2D eigenvalue weighted by molar-refractivity contribution is 0.249. The van der Waals surface area contributed by atoms with Gasteiger partial charge in [0.15, 0.2) is 0 Å². The standard InChI is InChI=1S/C18H22N6O/c1-12(9-16-10-13(2)22-23-16)20-18(25)21-15-6-4-5-14(11-15)17-19-7-8-24(17)3/h4-8,10-12H,9H2,1-3H3,(H,22,23)(H2,20,21,25)/t12-/m0/s1. The Morgan fingerprint density at radius 3 is 2.88 bits per heavy atom. The van der Waals surface area contributed by atoms with E-state index in [0.717, 1.165) is 28.5 Å². The number of aryl methyl sites for hydroxylation is 2. The molecular weight excluding hydrogens is 316 g/mol. The molecule has 3 aromatic rings. The molecular formula is C18H22N6O. The molecule has 1 aromatic carbocycles. The number of rotatable bonds is 5. The van der Waals surface area contributed by atoms with E-state index in [1.54, 1.807) is 6.20 Å². The van der Waals surface area contributed by atoms with Crippen LogP contribution in [0.15, 0.2) is 42.7 Å². The third-order valence-corrected chi connectivity index (χ3v) is 3.85. The molecule has 0 spiro atoms. The zero-order valence-electron chi connectivity index (χ0n) is 14.6. The first-order valence-corrected chi connectivity index (χ1v) is 8.17. The number of imidazole rings is 1. The number of nitrogens with zero attached hydrogens (tertiary/aromatic N) is 3. The minimum Gasteiger partial charge on any atom is -0.335 e. The fourth-order valence-corrected chi connectivity index (χ4v) is 2.71. The van der Waals surface area contributed by atoms with Crippen LogP contribution in [-0.2, 0) is 13.5 Å². The topological polar surface area (TPSA) is 87.6 Å². The first kappa shape index (κ1) is 16.8. The Balaban J connectivity index is 1.60. The third-order valence-electron chi connectivity index (χ3n) is 3.85. The summed E-state index contributed by atoms with van der Waals surface area (Å²) in [6.45, 7) is 3.91. The lowest BCUT2D eigenvalue weighted by atomic mass is 10.2. The highest BCUT2D eigenvalue weighted by Gasteiger charge is 2.11. The van der Waals surface area contributed by atoms with Crippen molar-refractivity contribution in [3.8, 4) is 11.4 Å². The zero-order chi connectivity index (χ0) is 17.8. The Kier molecular flexibility index (Phi) is 4.83. The van der Waals surface area contributed by atoms with Crippen molar-refractivity contribution in [1.82, 2.24) is 25.1 Å². The van der Waals surface area contributed by atoms with Crippen LogP contribution in [0.4, 0.5) is 10.5 Å². The number of amides is 2. The van der Waals surface area contributed by atoms with E-state index in [4.69, 9.17) is 0 Å². The minimum atomic E-state index is -0.239. The van der Waals surface area contributed by atoms with Crippen molar-refractivity contribution in [2.24, 2.45) is 7.05 Å². The average molecular weight is 338 g/mol. The van der Waals surface area contributed by atoms with E-state index in [-0.39, 0.29) is 12.1 Å². The Morgan fingerprint density at radius 1 is 1.36 bits per heavy atom. The van der Waals surface area contributed by atoms with Gasteiger partial charge in [-0.1, -0.05) is 12.1 Å². The number of anilines is 1. The van der Waals surface area contributed by atoms with Crippen molar-refractivity contribution >= 4 is 11.7 Å². The first-order valence-electron chi connectivity index (χ1n) is 8.17. The smallest absolute Gasteiger partial charge is 0.319 e. The fraction of sp³-hybridized carbons (Fsp3) is 0.278. The summed E-state index contributed by atoms with van der Waals surface area (Å²) < 4.78 is 1.94. The Bertz CT molecular complexity index is 866. The monoisotopic (exact) mass is 338 g/mol. The normalized spacial score (nSPS) is 12.0. The minimum absolute atomic E-state index is 0.0274. The van der Waals surface area contributed by atoms with Gasteiger partial charge < -0.3 is 15.2 Å². The number of hydrogen-bond acceptors (Lipinski definition) is 3. The molecule has 0 saturated heterocycles. The number of benzene rings is 1. The number of aromatic nitrogens is 4. The van der Waals surface area contributed by atoms with Crippen molar-refractivity contribution in [3.63, 3.8) is 0 Å². The van der Waals surface area contributed by atoms with E-state index >= 15 is 0 Å². The molecule has 0 aliphatic rings. The Morgan fingerprint density at radius 2 is 2.20 bits per heavy atom. The zero-order valence-corrected chi connectivity index (χ0v) is 14.6. The van der Waals surface area contributed by atoms with Gasteiger partial charge in [0.05, 0.1) is 5.69 Å². The molecule has 0 aliphatic heterocycles. The van der Waals surface area contributed by atoms with Crippen LogP contribution in [0.2, 0.25) is 0 Å². The highest BCUT2D eigenvalue weighted by atomic mass is 16.2. The van der Waals surface area contributed by atoms with E-state index < -0.39 is 0 Å². The molecule has 2 heterocycles. The quantitative estimate of drug-likeness (QED) is 0.668. The number of carbonyl (C=O) groups is 1. The van der Waals surface area contributed by atoms with Crippen LogP contribution >= 0.6 is 0 Å². The summed E-state index contributed by atoms with van der Waals surface area (Å²) in [6, 6.07) is 9.34. The highest BCUT2D eigenvalue weighted by molar-refractivity contribution is 5.90. The molecule has 0 unspecified atom stereocenters. The number of nitrogens with one attached hydrogen (secondary N) is 3. The highest BCUT2D eigenvalue weighted by Crippen LogP contribution is 2.20. The second-order valence-electron chi connectivity index (χ2n) is 6.19. The van der Waals surface area contributed by atoms with Gasteiger partial charge in [-0.25, -0.2) is 9.78 Å². The molecule has 0 fully saturated rings. The molecule has 7 nitrogen and oxygen atoms in total. The van der Waals surface area contributed by atoms with Gasteiger partial charge in [0.1, 0.15) is 5.82 Å². The van der Waals surface area contributed by atoms with Crippen LogP contribution in [-0.4, -0.2) is 31.8 Å². The molecule has 0 saturated carbocycles. The number of urea groups is 1. The maximum Gasteiger partial charge on any atom is 0.319 e. The summed E-state index contributed by atoms with van der Waals surface area (Å²) in [4.78, 5) is 16.5. The summed E-state index contributed by atoms with van der Waals surface area (Å²) in [6.07, 6.45) is 4.31. The molecule has 2 aromatic heterocycles. The van der Waals surface area contributed by atoms with Crippen LogP contribution in [0.3, 0.4) is 0 Å². The third kappa shape index (κ3) is 4.26. The Labute approximate surface area is 146 Å². The van der Waals surface area contributed by atoms with Gasteiger partial charge in [-0.3, -0.25) is 5.10 Å². The molecule has 0 radical (unpaired) electrons. The van der Waals surface area contributed by atoms with E-state index in [1.165, 1.54) is 0 Å². The summed E-state index contributed by atoms with van der Waals surface area (Å²) in [5.41, 5.74) is 3.62. The van der Waals surface area contributed by atoms with Crippen LogP contribution in [0, 0.1) is 6.92 Å². The molecule has 25 heavy (non-hydrogen) atoms. The van der Waals surface area contributed by atoms with Crippen molar-refractivity contribution in [2.45, 2.75) is 26.3 Å². The van der Waals surface area contributed by atoms with Crippen molar-refractivity contribution < 1.29 is 4.79 Å². The molecule has 130 valence electrons. The number of hydrogen-bond donors (Lipinski definition) is 3. The second-order valence-corrected chi connectivity index (χ2v) is 6.19. The fourth-order valence-electron chi connectivity index (χ4n) is 2.71. The summed E-state index contributed by atoms with van der Waals surface area (Å²) in [5, 5.41) is 12.9. The first-order chi connectivity index (χ1) is 12.0. The predicted molar refractivity (Wildman–Crippen MR) is 97.3 cm³/mol. The van der Waals surface area contributed by atoms with Gasteiger partial charge in [-0.05, 0) is 32.0 Å². The Hall–Kier alpha value is -3.09. The molecule has 7 heteroatoms. The van der Waals surface area contributed by atoms with E-state index in [1.807, 2.05) is 62.0 Å². The van der Waals surface area contributed by atoms with Gasteiger partial charge in [0.25, 0.3) is 0 Å². The SMILES string of the molecule is Cc1cc(C[C@H](C)NC(=O)Nc2cccc(-c3nccn3C)c2)n[nH]1. The van der Waals surface area contributed by atoms with Crippen molar-refractivity contribution in [3.05, 3.63) is 54.1 Å². The lowest BCUT2D eigenvalue weighted by Gasteiger charge is -2.14. The molecule has 0 bridgehead atoms. The van der Waals surface area contributed by atoms with E-state index in [0.29, 0.717) is 6.42 Å². The molecule has 2 amide bonds. The van der Waals surface area contributed by atoms with Gasteiger partial charge in [0, 0.05) is 48.8 Å². The second kappa shape index (κ2) is 7.21. The lowest BCUT2D eigenvalue weighted by Crippen LogP contribution is -2.37. The van der Waals surface area contributed by atoms with Crippen molar-refractivity contribution in [1.29, 1.82) is 0 Å². The van der Waals surface area contributed by atoms with Gasteiger partial charge in [-0.15, -0.1) is 0 Å². The van der Waals surface area contributed by atoms with Crippen molar-refractivity contribution in [2.75, 3.05) is 5.32 Å².